The van der Waals surface area contributed by atoms with Gasteiger partial charge in [-0.15, -0.1) is 0 Å². The number of nitrogens with two attached hydrogens (primary N) is 1. The van der Waals surface area contributed by atoms with Crippen LogP contribution in [-0.4, -0.2) is 153 Å². The zero-order valence-corrected chi connectivity index (χ0v) is 40.3. The number of aliphatic hydroxyl groups is 2. The minimum atomic E-state index is -1.75. The van der Waals surface area contributed by atoms with Crippen molar-refractivity contribution in [1.29, 1.82) is 0 Å². The van der Waals surface area contributed by atoms with Gasteiger partial charge in [-0.1, -0.05) is 60.1 Å². The summed E-state index contributed by atoms with van der Waals surface area (Å²) in [4.78, 5) is 142. The number of phenolic OH excluding ortho intramolecular Hbond substituents is 1. The fourth-order valence-corrected chi connectivity index (χ4v) is 6.48. The minimum absolute atomic E-state index is 0.00602. The third-order valence-corrected chi connectivity index (χ3v) is 10.5. The largest absolute Gasteiger partial charge is 0.508 e. The molecule has 0 bridgehead atoms. The molecule has 0 unspecified atom stereocenters. The van der Waals surface area contributed by atoms with Crippen LogP contribution in [-0.2, 0) is 59.2 Å². The minimum Gasteiger partial charge on any atom is -0.508 e. The van der Waals surface area contributed by atoms with Crippen LogP contribution < -0.4 is 53.6 Å². The average Bonchev–Trinajstić information content (AvgIpc) is 3.25. The van der Waals surface area contributed by atoms with Crippen LogP contribution in [0.2, 0.25) is 0 Å². The predicted octanol–water partition coefficient (Wildman–Crippen LogP) is -3.95. The van der Waals surface area contributed by atoms with E-state index in [0.717, 1.165) is 0 Å². The Bertz CT molecular complexity index is 1980. The van der Waals surface area contributed by atoms with Gasteiger partial charge in [0.2, 0.25) is 59.1 Å². The second-order valence-electron chi connectivity index (χ2n) is 17.5. The molecule has 0 fully saturated rings. The van der Waals surface area contributed by atoms with Crippen LogP contribution in [0, 0.1) is 17.8 Å². The summed E-state index contributed by atoms with van der Waals surface area (Å²) in [5.41, 5.74) is 5.95. The Balaban J connectivity index is 3.09. The number of benzene rings is 1. The van der Waals surface area contributed by atoms with Crippen molar-refractivity contribution in [1.82, 2.24) is 47.9 Å². The van der Waals surface area contributed by atoms with E-state index in [1.54, 1.807) is 53.7 Å². The third kappa shape index (κ3) is 21.3. The number of amides is 10. The van der Waals surface area contributed by atoms with Crippen LogP contribution in [0.4, 0.5) is 0 Å². The number of carbonyl (C=O) groups excluding carboxylic acids is 10. The Morgan fingerprint density at radius 2 is 1.12 bits per heavy atom. The van der Waals surface area contributed by atoms with E-state index in [1.807, 2.05) is 0 Å². The van der Waals surface area contributed by atoms with Crippen LogP contribution in [0.25, 0.3) is 0 Å². The molecule has 10 atom stereocenters. The molecule has 0 aromatic heterocycles. The number of hydrogen-bond donors (Lipinski definition) is 14. The van der Waals surface area contributed by atoms with E-state index in [4.69, 9.17) is 5.73 Å². The lowest BCUT2D eigenvalue weighted by atomic mass is 9.95. The van der Waals surface area contributed by atoms with E-state index >= 15 is 0 Å². The molecule has 386 valence electrons. The Morgan fingerprint density at radius 3 is 1.61 bits per heavy atom. The number of aliphatic carboxylic acids is 1. The van der Waals surface area contributed by atoms with Gasteiger partial charge in [0.1, 0.15) is 54.1 Å². The molecule has 0 radical (unpaired) electrons. The third-order valence-electron chi connectivity index (χ3n) is 10.5. The van der Waals surface area contributed by atoms with Crippen molar-refractivity contribution >= 4 is 65.0 Å². The molecule has 0 saturated heterocycles. The van der Waals surface area contributed by atoms with Gasteiger partial charge in [-0.25, -0.2) is 4.79 Å². The molecule has 0 aliphatic rings. The highest BCUT2D eigenvalue weighted by Gasteiger charge is 2.37. The van der Waals surface area contributed by atoms with E-state index in [-0.39, 0.29) is 30.9 Å². The first-order chi connectivity index (χ1) is 32.1. The fourth-order valence-electron chi connectivity index (χ4n) is 6.48. The summed E-state index contributed by atoms with van der Waals surface area (Å²) in [6, 6.07) is -5.76. The lowest BCUT2D eigenvalue weighted by Gasteiger charge is -2.30. The number of aliphatic hydroxyl groups excluding tert-OH is 2. The SMILES string of the molecule is CC[C@H](C)[C@H](NC(=O)[C@@H](NC(=O)[C@@H](NC(=O)CNC(=O)[C@H](C)NC(=O)[C@H](Cc1ccc(O)cc1)NC(C)=O)[C@@H](C)O)C(C)C)C(=O)N[C@@H](CC(N)=O)C(=O)N[C@@H](CO)C(=O)N[C@@H](CC(C)C)C(=O)O. The Labute approximate surface area is 400 Å². The maximum atomic E-state index is 13.8. The topological polar surface area (TPSA) is 403 Å². The van der Waals surface area contributed by atoms with Gasteiger partial charge < -0.3 is 74.0 Å². The first kappa shape index (κ1) is 60.1. The van der Waals surface area contributed by atoms with E-state index in [2.05, 4.69) is 47.9 Å². The van der Waals surface area contributed by atoms with Crippen molar-refractivity contribution in [3.8, 4) is 5.75 Å². The molecular weight excluding hydrogens is 909 g/mol. The maximum absolute atomic E-state index is 13.8. The van der Waals surface area contributed by atoms with Gasteiger partial charge in [-0.05, 0) is 55.7 Å². The van der Waals surface area contributed by atoms with Gasteiger partial charge in [-0.2, -0.15) is 0 Å². The molecule has 0 aliphatic carbocycles. The van der Waals surface area contributed by atoms with E-state index in [9.17, 15) is 73.2 Å². The number of aromatic hydroxyl groups is 1. The molecule has 25 nitrogen and oxygen atoms in total. The highest BCUT2D eigenvalue weighted by atomic mass is 16.4. The van der Waals surface area contributed by atoms with Crippen molar-refractivity contribution in [3.05, 3.63) is 29.8 Å². The standard InChI is InChI=1S/C44H70N10O15/c1-10-22(6)35(42(66)49-29(17-32(45)59)39(63)51-31(19-55)40(64)50-30(44(68)69)15-20(2)3)54-41(65)34(21(4)5)53-43(67)36(24(8)56)52-33(60)18-46-37(61)23(7)47-38(62)28(48-25(9)57)16-26-11-13-27(58)14-12-26/h11-14,20-24,28-31,34-36,55-56,58H,10,15-19H2,1-9H3,(H2,45,59)(H,46,61)(H,47,62)(H,48,57)(H,49,66)(H,50,64)(H,51,63)(H,52,60)(H,53,67)(H,54,65)(H,68,69)/t22-,23-,24+,28-,29-,30-,31-,34-,35-,36-/m0/s1. The lowest BCUT2D eigenvalue weighted by molar-refractivity contribution is -0.143. The molecule has 1 rings (SSSR count). The van der Waals surface area contributed by atoms with Crippen LogP contribution in [0.1, 0.15) is 87.1 Å². The van der Waals surface area contributed by atoms with Crippen LogP contribution in [0.5, 0.6) is 5.75 Å². The molecular formula is C44H70N10O15. The van der Waals surface area contributed by atoms with E-state index < -0.39 is 151 Å². The number of carbonyl (C=O) groups is 11. The molecule has 10 amide bonds. The first-order valence-electron chi connectivity index (χ1n) is 22.4. The summed E-state index contributed by atoms with van der Waals surface area (Å²) in [6.07, 6.45) is -2.04. The van der Waals surface area contributed by atoms with Gasteiger partial charge in [0.25, 0.3) is 0 Å². The van der Waals surface area contributed by atoms with Gasteiger partial charge in [-0.3, -0.25) is 47.9 Å². The van der Waals surface area contributed by atoms with E-state index in [1.165, 1.54) is 32.9 Å². The second-order valence-corrected chi connectivity index (χ2v) is 17.5. The molecule has 25 heteroatoms. The van der Waals surface area contributed by atoms with Crippen molar-refractivity contribution in [2.75, 3.05) is 13.2 Å². The first-order valence-corrected chi connectivity index (χ1v) is 22.4. The highest BCUT2D eigenvalue weighted by molar-refractivity contribution is 5.99. The molecule has 1 aromatic rings. The van der Waals surface area contributed by atoms with Crippen molar-refractivity contribution < 1.29 is 73.2 Å². The molecule has 15 N–H and O–H groups in total. The van der Waals surface area contributed by atoms with Crippen molar-refractivity contribution in [2.24, 2.45) is 23.5 Å². The summed E-state index contributed by atoms with van der Waals surface area (Å²) < 4.78 is 0. The Hall–Kier alpha value is -6.89. The summed E-state index contributed by atoms with van der Waals surface area (Å²) in [6.45, 7) is 11.7. The monoisotopic (exact) mass is 979 g/mol. The zero-order chi connectivity index (χ0) is 52.9. The van der Waals surface area contributed by atoms with Gasteiger partial charge in [0, 0.05) is 13.3 Å². The van der Waals surface area contributed by atoms with Crippen LogP contribution in [0.3, 0.4) is 0 Å². The summed E-state index contributed by atoms with van der Waals surface area (Å²) in [5.74, 6) is -12.1. The maximum Gasteiger partial charge on any atom is 0.326 e. The molecule has 69 heavy (non-hydrogen) atoms. The highest BCUT2D eigenvalue weighted by Crippen LogP contribution is 2.14. The lowest BCUT2D eigenvalue weighted by Crippen LogP contribution is -2.62. The van der Waals surface area contributed by atoms with Gasteiger partial charge in [0.15, 0.2) is 0 Å². The number of carboxylic acids is 1. The molecule has 0 heterocycles. The molecule has 0 aliphatic heterocycles. The Morgan fingerprint density at radius 1 is 0.609 bits per heavy atom. The average molecular weight is 979 g/mol. The quantitative estimate of drug-likeness (QED) is 0.0364. The van der Waals surface area contributed by atoms with Crippen LogP contribution >= 0.6 is 0 Å². The second kappa shape index (κ2) is 29.1. The summed E-state index contributed by atoms with van der Waals surface area (Å²) >= 11 is 0. The number of primary amides is 1. The van der Waals surface area contributed by atoms with E-state index in [0.29, 0.717) is 5.56 Å². The van der Waals surface area contributed by atoms with Gasteiger partial charge >= 0.3 is 5.97 Å². The summed E-state index contributed by atoms with van der Waals surface area (Å²) in [7, 11) is 0. The number of nitrogens with one attached hydrogen (secondary N) is 9. The predicted molar refractivity (Wildman–Crippen MR) is 246 cm³/mol. The van der Waals surface area contributed by atoms with Crippen molar-refractivity contribution in [3.63, 3.8) is 0 Å². The smallest absolute Gasteiger partial charge is 0.326 e. The van der Waals surface area contributed by atoms with Crippen LogP contribution in [0.15, 0.2) is 24.3 Å². The molecule has 1 aromatic carbocycles. The number of phenols is 1. The Kier molecular flexibility index (Phi) is 25.4. The molecule has 0 saturated carbocycles. The fraction of sp³-hybridized carbons (Fsp3) is 0.614. The number of carboxylic acid groups (broad SMARTS) is 1. The van der Waals surface area contributed by atoms with Crippen molar-refractivity contribution in [2.45, 2.75) is 142 Å². The summed E-state index contributed by atoms with van der Waals surface area (Å²) in [5, 5.41) is 60.7. The van der Waals surface area contributed by atoms with Gasteiger partial charge in [0.05, 0.1) is 25.7 Å². The molecule has 0 spiro atoms. The zero-order valence-electron chi connectivity index (χ0n) is 40.3. The number of hydrogen-bond acceptors (Lipinski definition) is 14. The number of rotatable bonds is 29. The normalized spacial score (nSPS) is 15.4.